The van der Waals surface area contributed by atoms with Crippen LogP contribution in [-0.2, 0) is 11.2 Å². The van der Waals surface area contributed by atoms with Crippen LogP contribution < -0.4 is 10.1 Å². The van der Waals surface area contributed by atoms with Gasteiger partial charge in [-0.2, -0.15) is 4.98 Å². The van der Waals surface area contributed by atoms with Gasteiger partial charge in [-0.05, 0) is 63.5 Å². The van der Waals surface area contributed by atoms with Crippen molar-refractivity contribution in [3.8, 4) is 5.75 Å². The van der Waals surface area contributed by atoms with Gasteiger partial charge in [0.25, 0.3) is 5.78 Å². The van der Waals surface area contributed by atoms with Crippen LogP contribution in [0.5, 0.6) is 5.75 Å². The van der Waals surface area contributed by atoms with E-state index in [4.69, 9.17) is 4.74 Å². The number of rotatable bonds is 7. The number of aromatic nitrogens is 4. The van der Waals surface area contributed by atoms with Gasteiger partial charge in [0.15, 0.2) is 5.82 Å². The molecule has 0 saturated carbocycles. The maximum Gasteiger partial charge on any atom is 0.252 e. The van der Waals surface area contributed by atoms with Crippen LogP contribution in [0.3, 0.4) is 0 Å². The van der Waals surface area contributed by atoms with E-state index in [1.54, 1.807) is 11.6 Å². The van der Waals surface area contributed by atoms with E-state index in [1.165, 1.54) is 24.8 Å². The molecule has 0 bridgehead atoms. The second kappa shape index (κ2) is 9.43. The number of nitrogens with zero attached hydrogens (tertiary/aromatic N) is 5. The zero-order chi connectivity index (χ0) is 21.8. The first-order valence-electron chi connectivity index (χ1n) is 10.9. The fraction of sp³-hybridized carbons (Fsp3) is 0.478. The van der Waals surface area contributed by atoms with Gasteiger partial charge in [-0.1, -0.05) is 18.6 Å². The van der Waals surface area contributed by atoms with E-state index in [9.17, 15) is 4.79 Å². The second-order valence-electron chi connectivity index (χ2n) is 8.15. The highest BCUT2D eigenvalue weighted by molar-refractivity contribution is 5.77. The van der Waals surface area contributed by atoms with Gasteiger partial charge in [-0.3, -0.25) is 9.69 Å². The first-order valence-corrected chi connectivity index (χ1v) is 10.9. The minimum atomic E-state index is -0.0826. The number of carbonyl (C=O) groups excluding carboxylic acids is 1. The molecule has 31 heavy (non-hydrogen) atoms. The monoisotopic (exact) mass is 422 g/mol. The molecule has 1 atom stereocenters. The average molecular weight is 423 g/mol. The molecule has 0 spiro atoms. The highest BCUT2D eigenvalue weighted by atomic mass is 16.5. The van der Waals surface area contributed by atoms with Gasteiger partial charge in [-0.25, -0.2) is 9.50 Å². The zero-order valence-electron chi connectivity index (χ0n) is 18.5. The van der Waals surface area contributed by atoms with Gasteiger partial charge in [0.1, 0.15) is 5.75 Å². The summed E-state index contributed by atoms with van der Waals surface area (Å²) < 4.78 is 6.98. The molecular weight excluding hydrogens is 392 g/mol. The maximum atomic E-state index is 12.7. The average Bonchev–Trinajstić information content (AvgIpc) is 3.17. The van der Waals surface area contributed by atoms with Gasteiger partial charge in [0.2, 0.25) is 5.91 Å². The van der Waals surface area contributed by atoms with E-state index in [1.807, 2.05) is 32.0 Å². The van der Waals surface area contributed by atoms with Gasteiger partial charge in [-0.15, -0.1) is 5.10 Å². The molecule has 1 aliphatic rings. The van der Waals surface area contributed by atoms with Crippen molar-refractivity contribution < 1.29 is 9.53 Å². The molecule has 4 rings (SSSR count). The molecule has 8 heteroatoms. The van der Waals surface area contributed by atoms with Crippen molar-refractivity contribution >= 4 is 11.7 Å². The fourth-order valence-electron chi connectivity index (χ4n) is 4.21. The van der Waals surface area contributed by atoms with E-state index >= 15 is 0 Å². The Labute approximate surface area is 182 Å². The lowest BCUT2D eigenvalue weighted by Crippen LogP contribution is -2.41. The third kappa shape index (κ3) is 5.02. The summed E-state index contributed by atoms with van der Waals surface area (Å²) in [5, 5.41) is 7.55. The lowest BCUT2D eigenvalue weighted by molar-refractivity contribution is -0.120. The number of piperidine rings is 1. The molecule has 0 radical (unpaired) electrons. The summed E-state index contributed by atoms with van der Waals surface area (Å²) >= 11 is 0. The molecule has 1 aliphatic heterocycles. The molecule has 164 valence electrons. The Balaban J connectivity index is 1.44. The summed E-state index contributed by atoms with van der Waals surface area (Å²) in [6.07, 6.45) is 3.79. The van der Waals surface area contributed by atoms with Gasteiger partial charge >= 0.3 is 0 Å². The van der Waals surface area contributed by atoms with Gasteiger partial charge in [0, 0.05) is 17.9 Å². The number of ether oxygens (including phenoxy) is 1. The largest absolute Gasteiger partial charge is 0.497 e. The van der Waals surface area contributed by atoms with Crippen LogP contribution in [0.4, 0.5) is 0 Å². The Kier molecular flexibility index (Phi) is 6.46. The number of amides is 1. The lowest BCUT2D eigenvalue weighted by Gasteiger charge is -2.35. The second-order valence-corrected chi connectivity index (χ2v) is 8.15. The number of likely N-dealkylation sites (tertiary alicyclic amines) is 1. The fourth-order valence-corrected chi connectivity index (χ4v) is 4.21. The number of nitrogens with one attached hydrogen (secondary N) is 1. The Bertz CT molecular complexity index is 1040. The standard InChI is InChI=1S/C23H30N6O2/c1-16-13-17(2)29-23(25-16)26-21(27-29)14-22(30)24-15-20(28-11-5-4-6-12-28)18-7-9-19(31-3)10-8-18/h7-10,13,20H,4-6,11-12,14-15H2,1-3H3,(H,24,30). The predicted molar refractivity (Wildman–Crippen MR) is 118 cm³/mol. The van der Waals surface area contributed by atoms with Crippen molar-refractivity contribution in [2.75, 3.05) is 26.7 Å². The van der Waals surface area contributed by atoms with Crippen LogP contribution in [-0.4, -0.2) is 57.1 Å². The number of hydrogen-bond donors (Lipinski definition) is 1. The Hall–Kier alpha value is -3.00. The van der Waals surface area contributed by atoms with Crippen LogP contribution in [0.25, 0.3) is 5.78 Å². The summed E-state index contributed by atoms with van der Waals surface area (Å²) in [5.74, 6) is 1.77. The predicted octanol–water partition coefficient (Wildman–Crippen LogP) is 2.64. The first kappa shape index (κ1) is 21.2. The maximum absolute atomic E-state index is 12.7. The van der Waals surface area contributed by atoms with Crippen molar-refractivity contribution in [1.29, 1.82) is 0 Å². The number of hydrogen-bond acceptors (Lipinski definition) is 6. The third-order valence-electron chi connectivity index (χ3n) is 5.81. The summed E-state index contributed by atoms with van der Waals surface area (Å²) in [6.45, 7) is 6.52. The van der Waals surface area contributed by atoms with Crippen molar-refractivity contribution in [3.63, 3.8) is 0 Å². The lowest BCUT2D eigenvalue weighted by atomic mass is 10.0. The molecule has 8 nitrogen and oxygen atoms in total. The molecular formula is C23H30N6O2. The van der Waals surface area contributed by atoms with Crippen LogP contribution >= 0.6 is 0 Å². The molecule has 1 aromatic carbocycles. The number of carbonyl (C=O) groups is 1. The first-order chi connectivity index (χ1) is 15.0. The summed E-state index contributed by atoms with van der Waals surface area (Å²) in [5.41, 5.74) is 3.02. The SMILES string of the molecule is COc1ccc(C(CNC(=O)Cc2nc3nc(C)cc(C)n3n2)N2CCCCC2)cc1. The zero-order valence-corrected chi connectivity index (χ0v) is 18.5. The van der Waals surface area contributed by atoms with Crippen molar-refractivity contribution in [2.45, 2.75) is 45.6 Å². The Morgan fingerprint density at radius 2 is 1.87 bits per heavy atom. The third-order valence-corrected chi connectivity index (χ3v) is 5.81. The van der Waals surface area contributed by atoms with E-state index in [0.717, 1.165) is 30.2 Å². The number of aryl methyl sites for hydroxylation is 2. The Morgan fingerprint density at radius 3 is 2.58 bits per heavy atom. The van der Waals surface area contributed by atoms with Gasteiger partial charge < -0.3 is 10.1 Å². The van der Waals surface area contributed by atoms with Crippen LogP contribution in [0.15, 0.2) is 30.3 Å². The minimum Gasteiger partial charge on any atom is -0.497 e. The molecule has 1 N–H and O–H groups in total. The minimum absolute atomic E-state index is 0.0826. The molecule has 1 amide bonds. The van der Waals surface area contributed by atoms with Crippen molar-refractivity contribution in [2.24, 2.45) is 0 Å². The molecule has 0 aliphatic carbocycles. The summed E-state index contributed by atoms with van der Waals surface area (Å²) in [6, 6.07) is 10.2. The van der Waals surface area contributed by atoms with Crippen LogP contribution in [0.1, 0.15) is 48.1 Å². The summed E-state index contributed by atoms with van der Waals surface area (Å²) in [7, 11) is 1.67. The van der Waals surface area contributed by atoms with Crippen LogP contribution in [0.2, 0.25) is 0 Å². The quantitative estimate of drug-likeness (QED) is 0.630. The molecule has 3 heterocycles. The van der Waals surface area contributed by atoms with E-state index in [0.29, 0.717) is 18.1 Å². The number of methoxy groups -OCH3 is 1. The number of fused-ring (bicyclic) bond motifs is 1. The topological polar surface area (TPSA) is 84.6 Å². The molecule has 1 unspecified atom stereocenters. The highest BCUT2D eigenvalue weighted by Crippen LogP contribution is 2.26. The smallest absolute Gasteiger partial charge is 0.252 e. The molecule has 2 aromatic heterocycles. The van der Waals surface area contributed by atoms with Crippen molar-refractivity contribution in [1.82, 2.24) is 29.8 Å². The van der Waals surface area contributed by atoms with Crippen LogP contribution in [0, 0.1) is 13.8 Å². The van der Waals surface area contributed by atoms with E-state index in [-0.39, 0.29) is 18.4 Å². The van der Waals surface area contributed by atoms with Crippen molar-refractivity contribution in [3.05, 3.63) is 53.1 Å². The Morgan fingerprint density at radius 1 is 1.13 bits per heavy atom. The molecule has 3 aromatic rings. The molecule has 1 saturated heterocycles. The number of benzene rings is 1. The highest BCUT2D eigenvalue weighted by Gasteiger charge is 2.23. The normalized spacial score (nSPS) is 15.7. The van der Waals surface area contributed by atoms with E-state index < -0.39 is 0 Å². The molecule has 1 fully saturated rings. The summed E-state index contributed by atoms with van der Waals surface area (Å²) in [4.78, 5) is 24.0. The van der Waals surface area contributed by atoms with E-state index in [2.05, 4.69) is 37.4 Å². The van der Waals surface area contributed by atoms with Gasteiger partial charge in [0.05, 0.1) is 19.6 Å².